The average Bonchev–Trinajstić information content (AvgIpc) is 3.55. The molecule has 0 fully saturated rings. The Bertz CT molecular complexity index is 1840. The molecule has 0 aliphatic carbocycles. The highest BCUT2D eigenvalue weighted by molar-refractivity contribution is 6.07. The van der Waals surface area contributed by atoms with E-state index < -0.39 is 17.8 Å². The van der Waals surface area contributed by atoms with E-state index in [0.717, 1.165) is 23.2 Å². The van der Waals surface area contributed by atoms with Crippen molar-refractivity contribution in [3.05, 3.63) is 108 Å². The third-order valence-electron chi connectivity index (χ3n) is 6.09. The first-order valence-corrected chi connectivity index (χ1v) is 11.7. The highest BCUT2D eigenvalue weighted by Gasteiger charge is 2.36. The Morgan fingerprint density at radius 2 is 1.74 bits per heavy atom. The van der Waals surface area contributed by atoms with Crippen LogP contribution in [-0.2, 0) is 12.7 Å². The summed E-state index contributed by atoms with van der Waals surface area (Å²) >= 11 is 0. The summed E-state index contributed by atoms with van der Waals surface area (Å²) in [6.45, 7) is 0.269. The van der Waals surface area contributed by atoms with Gasteiger partial charge in [-0.3, -0.25) is 10.1 Å². The monoisotopic (exact) mass is 531 g/mol. The van der Waals surface area contributed by atoms with Crippen LogP contribution in [0.4, 0.5) is 23.5 Å². The van der Waals surface area contributed by atoms with Crippen LogP contribution in [0.25, 0.3) is 27.7 Å². The van der Waals surface area contributed by atoms with E-state index in [0.29, 0.717) is 15.5 Å². The molecule has 0 aliphatic rings. The van der Waals surface area contributed by atoms with Crippen molar-refractivity contribution in [1.29, 1.82) is 0 Å². The maximum Gasteiger partial charge on any atom is 0.433 e. The van der Waals surface area contributed by atoms with Crippen LogP contribution in [0.2, 0.25) is 0 Å². The molecule has 0 atom stereocenters. The lowest BCUT2D eigenvalue weighted by molar-refractivity contribution is -0.142. The molecule has 8 nitrogen and oxygen atoms in total. The molecule has 6 rings (SSSR count). The number of rotatable bonds is 5. The van der Waals surface area contributed by atoms with E-state index in [2.05, 4.69) is 25.5 Å². The van der Waals surface area contributed by atoms with Crippen LogP contribution >= 0.6 is 0 Å². The molecule has 3 aromatic heterocycles. The number of halogens is 4. The second kappa shape index (κ2) is 9.31. The average molecular weight is 531 g/mol. The van der Waals surface area contributed by atoms with Crippen LogP contribution in [0.5, 0.6) is 0 Å². The van der Waals surface area contributed by atoms with E-state index in [4.69, 9.17) is 0 Å². The van der Waals surface area contributed by atoms with Gasteiger partial charge < -0.3 is 0 Å². The first-order valence-electron chi connectivity index (χ1n) is 11.7. The Morgan fingerprint density at radius 3 is 2.54 bits per heavy atom. The van der Waals surface area contributed by atoms with Gasteiger partial charge in [0.05, 0.1) is 18.4 Å². The Hall–Kier alpha value is -5.13. The van der Waals surface area contributed by atoms with Gasteiger partial charge in [-0.2, -0.15) is 18.3 Å². The molecule has 39 heavy (non-hydrogen) atoms. The molecule has 0 saturated carbocycles. The van der Waals surface area contributed by atoms with Gasteiger partial charge in [0.15, 0.2) is 11.3 Å². The summed E-state index contributed by atoms with van der Waals surface area (Å²) < 4.78 is 57.3. The second-order valence-corrected chi connectivity index (χ2v) is 8.69. The second-order valence-electron chi connectivity index (χ2n) is 8.69. The fourth-order valence-electron chi connectivity index (χ4n) is 4.29. The standard InChI is InChI=1S/C27H17F4N7O/c28-18-10-8-16(9-11-18)14-37-15-32-26(36-37)35-25(39)21-13-33-38-23(27(29,30)31)12-22(34-24(21)38)20-7-3-5-17-4-1-2-6-19(17)20/h1-13,15H,14H2,(H,35,36,39). The molecule has 0 spiro atoms. The zero-order chi connectivity index (χ0) is 27.1. The molecule has 194 valence electrons. The summed E-state index contributed by atoms with van der Waals surface area (Å²) in [6.07, 6.45) is -2.37. The molecule has 1 amide bonds. The SMILES string of the molecule is O=C(Nc1ncn(Cc2ccc(F)cc2)n1)c1cnn2c(C(F)(F)F)cc(-c3cccc4ccccc34)nc12. The van der Waals surface area contributed by atoms with Gasteiger partial charge in [0.1, 0.15) is 17.7 Å². The van der Waals surface area contributed by atoms with Crippen molar-refractivity contribution in [3.8, 4) is 11.3 Å². The first kappa shape index (κ1) is 24.2. The number of carbonyl (C=O) groups is 1. The molecule has 1 N–H and O–H groups in total. The maximum absolute atomic E-state index is 14.1. The minimum atomic E-state index is -4.76. The van der Waals surface area contributed by atoms with Crippen LogP contribution in [0.1, 0.15) is 21.6 Å². The number of fused-ring (bicyclic) bond motifs is 2. The van der Waals surface area contributed by atoms with Crippen molar-refractivity contribution in [2.45, 2.75) is 12.7 Å². The van der Waals surface area contributed by atoms with Gasteiger partial charge in [-0.1, -0.05) is 54.6 Å². The van der Waals surface area contributed by atoms with Gasteiger partial charge in [-0.25, -0.2) is 23.6 Å². The number of amides is 1. The largest absolute Gasteiger partial charge is 0.433 e. The fraction of sp³-hybridized carbons (Fsp3) is 0.0741. The number of alkyl halides is 3. The smallest absolute Gasteiger partial charge is 0.289 e. The molecule has 3 heterocycles. The van der Waals surface area contributed by atoms with Gasteiger partial charge in [0.2, 0.25) is 5.95 Å². The van der Waals surface area contributed by atoms with E-state index in [-0.39, 0.29) is 35.2 Å². The van der Waals surface area contributed by atoms with E-state index in [1.165, 1.54) is 23.1 Å². The lowest BCUT2D eigenvalue weighted by Crippen LogP contribution is -2.16. The lowest BCUT2D eigenvalue weighted by atomic mass is 10.0. The third kappa shape index (κ3) is 4.67. The third-order valence-corrected chi connectivity index (χ3v) is 6.09. The van der Waals surface area contributed by atoms with Gasteiger partial charge in [0, 0.05) is 5.56 Å². The van der Waals surface area contributed by atoms with Crippen molar-refractivity contribution >= 4 is 28.3 Å². The van der Waals surface area contributed by atoms with Crippen LogP contribution < -0.4 is 5.32 Å². The molecular weight excluding hydrogens is 514 g/mol. The first-order chi connectivity index (χ1) is 18.8. The van der Waals surface area contributed by atoms with E-state index in [1.54, 1.807) is 36.4 Å². The van der Waals surface area contributed by atoms with Crippen molar-refractivity contribution in [3.63, 3.8) is 0 Å². The minimum absolute atomic E-state index is 0.0443. The van der Waals surface area contributed by atoms with Crippen LogP contribution in [0, 0.1) is 5.82 Å². The number of hydrogen-bond donors (Lipinski definition) is 1. The fourth-order valence-corrected chi connectivity index (χ4v) is 4.29. The van der Waals surface area contributed by atoms with Crippen molar-refractivity contribution in [1.82, 2.24) is 29.4 Å². The molecule has 0 aliphatic heterocycles. The number of carbonyl (C=O) groups excluding carboxylic acids is 1. The summed E-state index contributed by atoms with van der Waals surface area (Å²) in [5.41, 5.74) is -0.242. The van der Waals surface area contributed by atoms with Gasteiger partial charge in [-0.15, -0.1) is 5.10 Å². The van der Waals surface area contributed by atoms with Gasteiger partial charge >= 0.3 is 6.18 Å². The minimum Gasteiger partial charge on any atom is -0.289 e. The summed E-state index contributed by atoms with van der Waals surface area (Å²) in [4.78, 5) is 21.6. The number of benzene rings is 3. The van der Waals surface area contributed by atoms with E-state index in [1.807, 2.05) is 18.2 Å². The van der Waals surface area contributed by atoms with Crippen LogP contribution in [0.3, 0.4) is 0 Å². The predicted molar refractivity (Wildman–Crippen MR) is 134 cm³/mol. The summed E-state index contributed by atoms with van der Waals surface area (Å²) in [5.74, 6) is -1.22. The molecule has 3 aromatic carbocycles. The van der Waals surface area contributed by atoms with Crippen LogP contribution in [0.15, 0.2) is 85.3 Å². The molecule has 0 radical (unpaired) electrons. The molecule has 0 saturated heterocycles. The number of hydrogen-bond acceptors (Lipinski definition) is 5. The number of aromatic nitrogens is 6. The topological polar surface area (TPSA) is 90.0 Å². The predicted octanol–water partition coefficient (Wildman–Crippen LogP) is 5.60. The summed E-state index contributed by atoms with van der Waals surface area (Å²) in [7, 11) is 0. The van der Waals surface area contributed by atoms with Gasteiger partial charge in [0.25, 0.3) is 5.91 Å². The zero-order valence-electron chi connectivity index (χ0n) is 19.9. The van der Waals surface area contributed by atoms with E-state index in [9.17, 15) is 22.4 Å². The lowest BCUT2D eigenvalue weighted by Gasteiger charge is -2.13. The Kier molecular flexibility index (Phi) is 5.78. The Morgan fingerprint density at radius 1 is 0.974 bits per heavy atom. The molecular formula is C27H17F4N7O. The number of nitrogens with zero attached hydrogens (tertiary/aromatic N) is 6. The Balaban J connectivity index is 1.36. The number of anilines is 1. The summed E-state index contributed by atoms with van der Waals surface area (Å²) in [5, 5.41) is 12.0. The Labute approximate surface area is 217 Å². The van der Waals surface area contributed by atoms with Crippen LogP contribution in [-0.4, -0.2) is 35.3 Å². The molecule has 12 heteroatoms. The van der Waals surface area contributed by atoms with E-state index >= 15 is 0 Å². The maximum atomic E-state index is 14.1. The number of nitrogens with one attached hydrogen (secondary N) is 1. The zero-order valence-corrected chi connectivity index (χ0v) is 19.9. The summed E-state index contributed by atoms with van der Waals surface area (Å²) in [6, 6.07) is 19.2. The highest BCUT2D eigenvalue weighted by Crippen LogP contribution is 2.35. The molecule has 0 unspecified atom stereocenters. The van der Waals surface area contributed by atoms with Crippen molar-refractivity contribution in [2.24, 2.45) is 0 Å². The highest BCUT2D eigenvalue weighted by atomic mass is 19.4. The normalized spacial score (nSPS) is 11.8. The molecule has 6 aromatic rings. The van der Waals surface area contributed by atoms with Gasteiger partial charge in [-0.05, 0) is 34.5 Å². The quantitative estimate of drug-likeness (QED) is 0.293. The molecule has 0 bridgehead atoms. The van der Waals surface area contributed by atoms with Crippen molar-refractivity contribution < 1.29 is 22.4 Å². The van der Waals surface area contributed by atoms with Crippen molar-refractivity contribution in [2.75, 3.05) is 5.32 Å².